The molecule has 0 aliphatic carbocycles. The first-order chi connectivity index (χ1) is 11.1. The van der Waals surface area contributed by atoms with E-state index in [2.05, 4.69) is 10.6 Å². The van der Waals surface area contributed by atoms with E-state index in [4.69, 9.17) is 9.47 Å². The van der Waals surface area contributed by atoms with E-state index in [1.807, 2.05) is 51.1 Å². The van der Waals surface area contributed by atoms with Crippen molar-refractivity contribution in [2.75, 3.05) is 18.7 Å². The van der Waals surface area contributed by atoms with Crippen molar-refractivity contribution in [1.29, 1.82) is 0 Å². The Morgan fingerprint density at radius 1 is 1.00 bits per heavy atom. The van der Waals surface area contributed by atoms with Crippen molar-refractivity contribution < 1.29 is 14.3 Å². The van der Waals surface area contributed by atoms with Crippen LogP contribution in [0.4, 0.5) is 10.5 Å². The van der Waals surface area contributed by atoms with E-state index in [9.17, 15) is 4.79 Å². The summed E-state index contributed by atoms with van der Waals surface area (Å²) >= 11 is 0. The molecule has 2 aromatic rings. The van der Waals surface area contributed by atoms with Gasteiger partial charge in [-0.05, 0) is 56.7 Å². The van der Waals surface area contributed by atoms with Crippen LogP contribution >= 0.6 is 0 Å². The van der Waals surface area contributed by atoms with Crippen LogP contribution in [-0.2, 0) is 0 Å². The summed E-state index contributed by atoms with van der Waals surface area (Å²) in [6, 6.07) is 12.8. The molecule has 2 aromatic carbocycles. The van der Waals surface area contributed by atoms with E-state index in [0.717, 1.165) is 22.6 Å². The SMILES string of the molecule is CCOc1ccc(OCNC(=O)Nc2ccc(C)cc2C)cc1. The van der Waals surface area contributed by atoms with Crippen molar-refractivity contribution >= 4 is 11.7 Å². The van der Waals surface area contributed by atoms with Crippen LogP contribution < -0.4 is 20.1 Å². The van der Waals surface area contributed by atoms with Crippen LogP contribution in [0.25, 0.3) is 0 Å². The molecule has 122 valence electrons. The number of hydrogen-bond acceptors (Lipinski definition) is 3. The monoisotopic (exact) mass is 314 g/mol. The van der Waals surface area contributed by atoms with Gasteiger partial charge >= 0.3 is 6.03 Å². The maximum Gasteiger partial charge on any atom is 0.321 e. The molecule has 0 aliphatic heterocycles. The van der Waals surface area contributed by atoms with Crippen molar-refractivity contribution in [3.05, 3.63) is 53.6 Å². The van der Waals surface area contributed by atoms with Crippen LogP contribution in [0, 0.1) is 13.8 Å². The van der Waals surface area contributed by atoms with Gasteiger partial charge in [-0.25, -0.2) is 4.79 Å². The molecule has 0 unspecified atom stereocenters. The van der Waals surface area contributed by atoms with Crippen molar-refractivity contribution in [3.8, 4) is 11.5 Å². The highest BCUT2D eigenvalue weighted by molar-refractivity contribution is 5.90. The zero-order valence-corrected chi connectivity index (χ0v) is 13.7. The molecule has 0 aromatic heterocycles. The minimum absolute atomic E-state index is 0.0880. The van der Waals surface area contributed by atoms with E-state index in [1.54, 1.807) is 12.1 Å². The van der Waals surface area contributed by atoms with Crippen LogP contribution in [0.2, 0.25) is 0 Å². The number of nitrogens with one attached hydrogen (secondary N) is 2. The number of hydrogen-bond donors (Lipinski definition) is 2. The molecule has 2 rings (SSSR count). The highest BCUT2D eigenvalue weighted by atomic mass is 16.5. The number of carbonyl (C=O) groups is 1. The minimum Gasteiger partial charge on any atom is -0.494 e. The number of ether oxygens (including phenoxy) is 2. The zero-order valence-electron chi connectivity index (χ0n) is 13.7. The Bertz CT molecular complexity index is 654. The van der Waals surface area contributed by atoms with Crippen molar-refractivity contribution in [1.82, 2.24) is 5.32 Å². The standard InChI is InChI=1S/C18H22N2O3/c1-4-22-15-6-8-16(9-7-15)23-12-19-18(21)20-17-10-5-13(2)11-14(17)3/h5-11H,4,12H2,1-3H3,(H2,19,20,21). The predicted molar refractivity (Wildman–Crippen MR) is 91.2 cm³/mol. The van der Waals surface area contributed by atoms with Crippen LogP contribution in [0.1, 0.15) is 18.1 Å². The Balaban J connectivity index is 1.78. The average molecular weight is 314 g/mol. The molecule has 23 heavy (non-hydrogen) atoms. The Morgan fingerprint density at radius 2 is 1.65 bits per heavy atom. The van der Waals surface area contributed by atoms with Gasteiger partial charge < -0.3 is 20.1 Å². The summed E-state index contributed by atoms with van der Waals surface area (Å²) in [6.07, 6.45) is 0. The summed E-state index contributed by atoms with van der Waals surface area (Å²) in [7, 11) is 0. The fraction of sp³-hybridized carbons (Fsp3) is 0.278. The molecule has 0 saturated carbocycles. The predicted octanol–water partition coefficient (Wildman–Crippen LogP) is 3.86. The summed E-state index contributed by atoms with van der Waals surface area (Å²) in [5.74, 6) is 1.46. The van der Waals surface area contributed by atoms with Gasteiger partial charge in [-0.2, -0.15) is 0 Å². The number of benzene rings is 2. The number of amides is 2. The molecule has 2 N–H and O–H groups in total. The Hall–Kier alpha value is -2.69. The van der Waals surface area contributed by atoms with Crippen LogP contribution in [0.5, 0.6) is 11.5 Å². The second kappa shape index (κ2) is 8.08. The third-order valence-corrected chi connectivity index (χ3v) is 3.24. The molecule has 0 radical (unpaired) electrons. The summed E-state index contributed by atoms with van der Waals surface area (Å²) in [5, 5.41) is 5.46. The summed E-state index contributed by atoms with van der Waals surface area (Å²) in [4.78, 5) is 11.9. The molecule has 0 aliphatic rings. The van der Waals surface area contributed by atoms with Crippen LogP contribution in [0.3, 0.4) is 0 Å². The molecule has 5 nitrogen and oxygen atoms in total. The molecule has 5 heteroatoms. The first kappa shape index (κ1) is 16.7. The van der Waals surface area contributed by atoms with E-state index < -0.39 is 0 Å². The maximum atomic E-state index is 11.9. The van der Waals surface area contributed by atoms with Crippen LogP contribution in [0.15, 0.2) is 42.5 Å². The number of aryl methyl sites for hydroxylation is 2. The van der Waals surface area contributed by atoms with Crippen molar-refractivity contribution in [3.63, 3.8) is 0 Å². The highest BCUT2D eigenvalue weighted by Gasteiger charge is 2.04. The van der Waals surface area contributed by atoms with E-state index in [0.29, 0.717) is 12.4 Å². The number of urea groups is 1. The molecule has 2 amide bonds. The van der Waals surface area contributed by atoms with Gasteiger partial charge in [0.15, 0.2) is 6.73 Å². The number of anilines is 1. The average Bonchev–Trinajstić information content (AvgIpc) is 2.52. The fourth-order valence-corrected chi connectivity index (χ4v) is 2.10. The van der Waals surface area contributed by atoms with Gasteiger partial charge in [0.1, 0.15) is 11.5 Å². The zero-order chi connectivity index (χ0) is 16.7. The molecule has 0 saturated heterocycles. The number of carbonyl (C=O) groups excluding carboxylic acids is 1. The van der Waals surface area contributed by atoms with E-state index in [1.165, 1.54) is 0 Å². The third-order valence-electron chi connectivity index (χ3n) is 3.24. The normalized spacial score (nSPS) is 10.0. The molecular weight excluding hydrogens is 292 g/mol. The lowest BCUT2D eigenvalue weighted by atomic mass is 10.1. The Kier molecular flexibility index (Phi) is 5.86. The molecule has 0 heterocycles. The summed E-state index contributed by atoms with van der Waals surface area (Å²) < 4.78 is 10.8. The summed E-state index contributed by atoms with van der Waals surface area (Å²) in [5.41, 5.74) is 2.97. The minimum atomic E-state index is -0.303. The molecular formula is C18H22N2O3. The quantitative estimate of drug-likeness (QED) is 0.796. The second-order valence-corrected chi connectivity index (χ2v) is 5.14. The number of rotatable bonds is 6. The van der Waals surface area contributed by atoms with Gasteiger partial charge in [-0.15, -0.1) is 0 Å². The van der Waals surface area contributed by atoms with Gasteiger partial charge in [0.25, 0.3) is 0 Å². The lowest BCUT2D eigenvalue weighted by molar-refractivity contribution is 0.234. The first-order valence-electron chi connectivity index (χ1n) is 7.56. The fourth-order valence-electron chi connectivity index (χ4n) is 2.10. The Labute approximate surface area is 136 Å². The molecule has 0 spiro atoms. The second-order valence-electron chi connectivity index (χ2n) is 5.14. The topological polar surface area (TPSA) is 59.6 Å². The maximum absolute atomic E-state index is 11.9. The molecule has 0 fully saturated rings. The van der Waals surface area contributed by atoms with Gasteiger partial charge in [-0.1, -0.05) is 17.7 Å². The summed E-state index contributed by atoms with van der Waals surface area (Å²) in [6.45, 7) is 6.62. The van der Waals surface area contributed by atoms with E-state index in [-0.39, 0.29) is 12.8 Å². The van der Waals surface area contributed by atoms with Crippen molar-refractivity contribution in [2.45, 2.75) is 20.8 Å². The largest absolute Gasteiger partial charge is 0.494 e. The van der Waals surface area contributed by atoms with Gasteiger partial charge in [-0.3, -0.25) is 0 Å². The van der Waals surface area contributed by atoms with Crippen LogP contribution in [-0.4, -0.2) is 19.4 Å². The highest BCUT2D eigenvalue weighted by Crippen LogP contribution is 2.17. The van der Waals surface area contributed by atoms with Gasteiger partial charge in [0.2, 0.25) is 0 Å². The van der Waals surface area contributed by atoms with Gasteiger partial charge in [0.05, 0.1) is 6.61 Å². The first-order valence-corrected chi connectivity index (χ1v) is 7.56. The lowest BCUT2D eigenvalue weighted by Crippen LogP contribution is -2.32. The van der Waals surface area contributed by atoms with Crippen molar-refractivity contribution in [2.24, 2.45) is 0 Å². The van der Waals surface area contributed by atoms with E-state index >= 15 is 0 Å². The third kappa shape index (κ3) is 5.21. The van der Waals surface area contributed by atoms with Gasteiger partial charge in [0, 0.05) is 5.69 Å². The smallest absolute Gasteiger partial charge is 0.321 e. The lowest BCUT2D eigenvalue weighted by Gasteiger charge is -2.11. The molecule has 0 bridgehead atoms. The molecule has 0 atom stereocenters. The Morgan fingerprint density at radius 3 is 2.26 bits per heavy atom.